The highest BCUT2D eigenvalue weighted by Gasteiger charge is 1.55. The first-order valence-electron chi connectivity index (χ1n) is 2.02. The highest BCUT2D eigenvalue weighted by Crippen LogP contribution is 1.72. The summed E-state index contributed by atoms with van der Waals surface area (Å²) in [6, 6.07) is 3.89. The van der Waals surface area contributed by atoms with Crippen molar-refractivity contribution in [3.8, 4) is 6.57 Å². The second-order valence-corrected chi connectivity index (χ2v) is 0.990. The van der Waals surface area contributed by atoms with Gasteiger partial charge in [0, 0.05) is 12.4 Å². The minimum absolute atomic E-state index is 0. The van der Waals surface area contributed by atoms with Crippen LogP contribution in [0.25, 0.3) is 5.01 Å². The molecule has 4 heteroatoms. The zero-order valence-electron chi connectivity index (χ0n) is 4.65. The average Bonchev–Trinajstić information content (AvgIpc) is 2.17. The van der Waals surface area contributed by atoms with Gasteiger partial charge in [-0.2, -0.15) is 0 Å². The molecule has 1 heterocycles. The van der Waals surface area contributed by atoms with Crippen LogP contribution < -0.4 is 0 Å². The van der Waals surface area contributed by atoms with Crippen molar-refractivity contribution in [1.29, 1.82) is 0 Å². The van der Waals surface area contributed by atoms with E-state index in [0.717, 1.165) is 0 Å². The van der Waals surface area contributed by atoms with Crippen LogP contribution >= 0.6 is 12.4 Å². The fraction of sp³-hybridized carbons (Fsp3) is 0. The van der Waals surface area contributed by atoms with Gasteiger partial charge in [0.25, 0.3) is 6.57 Å². The number of aromatic amines is 1. The summed E-state index contributed by atoms with van der Waals surface area (Å²) < 4.78 is 0. The Hall–Kier alpha value is -1.14. The normalized spacial score (nSPS) is 5.22. The van der Waals surface area contributed by atoms with Crippen LogP contribution in [0.3, 0.4) is 0 Å². The third-order valence-corrected chi connectivity index (χ3v) is 0.496. The molecule has 0 saturated heterocycles. The number of nitrogens with one attached hydrogen (secondary N) is 1. The van der Waals surface area contributed by atoms with E-state index in [9.17, 15) is 0 Å². The lowest BCUT2D eigenvalue weighted by Crippen LogP contribution is -1.38. The predicted molar refractivity (Wildman–Crippen MR) is 39.7 cm³/mol. The van der Waals surface area contributed by atoms with E-state index in [0.29, 0.717) is 0 Å². The highest BCUT2D eigenvalue weighted by atomic mass is 35.5. The van der Waals surface area contributed by atoms with Crippen molar-refractivity contribution in [1.82, 2.24) is 4.98 Å². The maximum atomic E-state index is 8.33. The van der Waals surface area contributed by atoms with Gasteiger partial charge in [0.1, 0.15) is 0 Å². The summed E-state index contributed by atoms with van der Waals surface area (Å²) in [5.74, 6) is 0. The summed E-state index contributed by atoms with van der Waals surface area (Å²) in [4.78, 5) is 2.86. The Kier molecular flexibility index (Phi) is 11.9. The summed E-state index contributed by atoms with van der Waals surface area (Å²) in [5, 5.41) is 10.1. The fourth-order valence-corrected chi connectivity index (χ4v) is 0.278. The van der Waals surface area contributed by atoms with E-state index >= 15 is 0 Å². The Labute approximate surface area is 59.5 Å². The molecule has 1 N–H and O–H groups in total. The monoisotopic (exact) mass is 146 g/mol. The molecule has 0 aliphatic heterocycles. The topological polar surface area (TPSA) is 43.2 Å². The molecule has 0 bridgehead atoms. The molecular weight excluding hydrogens is 140 g/mol. The van der Waals surface area contributed by atoms with Gasteiger partial charge in [0.2, 0.25) is 0 Å². The molecule has 0 fully saturated rings. The molecule has 3 nitrogen and oxygen atoms in total. The Balaban J connectivity index is 0. The SMILES string of the molecule is C#[N+][O-].Cl.c1cc[nH]c1. The van der Waals surface area contributed by atoms with Gasteiger partial charge in [-0.25, -0.2) is 0 Å². The van der Waals surface area contributed by atoms with Crippen LogP contribution in [0.5, 0.6) is 0 Å². The standard InChI is InChI=1S/C4H5N.CHNO.ClH/c1-2-4-5-3-1;1-2-3;/h1-5H;1H;1H. The molecule has 1 rings (SSSR count). The van der Waals surface area contributed by atoms with Crippen LogP contribution in [-0.2, 0) is 0 Å². The van der Waals surface area contributed by atoms with Crippen LogP contribution in [0.2, 0.25) is 0 Å². The first-order valence-corrected chi connectivity index (χ1v) is 2.02. The molecule has 0 saturated carbocycles. The smallest absolute Gasteiger partial charge is 0.283 e. The molecule has 9 heavy (non-hydrogen) atoms. The zero-order valence-corrected chi connectivity index (χ0v) is 5.47. The summed E-state index contributed by atoms with van der Waals surface area (Å²) in [6.45, 7) is 3.92. The third kappa shape index (κ3) is 10.9. The molecule has 0 aliphatic rings. The minimum atomic E-state index is 0. The number of hydrogen-bond donors (Lipinski definition) is 1. The Morgan fingerprint density at radius 3 is 1.78 bits per heavy atom. The summed E-state index contributed by atoms with van der Waals surface area (Å²) in [6.07, 6.45) is 3.75. The van der Waals surface area contributed by atoms with E-state index in [1.54, 1.807) is 5.01 Å². The van der Waals surface area contributed by atoms with Crippen molar-refractivity contribution < 1.29 is 0 Å². The quantitative estimate of drug-likeness (QED) is 0.558. The summed E-state index contributed by atoms with van der Waals surface area (Å²) >= 11 is 0. The van der Waals surface area contributed by atoms with Gasteiger partial charge >= 0.3 is 0 Å². The van der Waals surface area contributed by atoms with E-state index < -0.39 is 0 Å². The third-order valence-electron chi connectivity index (χ3n) is 0.496. The number of aromatic nitrogens is 1. The van der Waals surface area contributed by atoms with Crippen molar-refractivity contribution in [3.05, 3.63) is 34.7 Å². The van der Waals surface area contributed by atoms with E-state index in [-0.39, 0.29) is 12.4 Å². The summed E-state index contributed by atoms with van der Waals surface area (Å²) in [7, 11) is 0. The van der Waals surface area contributed by atoms with Crippen molar-refractivity contribution >= 4 is 12.4 Å². The summed E-state index contributed by atoms with van der Waals surface area (Å²) in [5.41, 5.74) is 0. The first-order chi connectivity index (χ1) is 3.91. The largest absolute Gasteiger partial charge is 0.499 e. The Morgan fingerprint density at radius 1 is 1.33 bits per heavy atom. The van der Waals surface area contributed by atoms with Gasteiger partial charge < -0.3 is 10.2 Å². The van der Waals surface area contributed by atoms with Crippen LogP contribution in [0, 0.1) is 11.8 Å². The van der Waals surface area contributed by atoms with Gasteiger partial charge in [0.05, 0.1) is 0 Å². The molecule has 0 atom stereocenters. The maximum absolute atomic E-state index is 8.33. The lowest BCUT2D eigenvalue weighted by atomic mass is 10.7. The highest BCUT2D eigenvalue weighted by molar-refractivity contribution is 5.85. The van der Waals surface area contributed by atoms with Crippen molar-refractivity contribution in [2.24, 2.45) is 0 Å². The molecule has 50 valence electrons. The van der Waals surface area contributed by atoms with E-state index in [4.69, 9.17) is 5.21 Å². The lowest BCUT2D eigenvalue weighted by Gasteiger charge is -1.49. The second kappa shape index (κ2) is 9.97. The van der Waals surface area contributed by atoms with E-state index in [2.05, 4.69) is 11.6 Å². The van der Waals surface area contributed by atoms with Crippen LogP contribution in [-0.4, -0.2) is 4.98 Å². The second-order valence-electron chi connectivity index (χ2n) is 0.990. The minimum Gasteiger partial charge on any atom is -0.499 e. The number of H-pyrrole nitrogens is 1. The van der Waals surface area contributed by atoms with Gasteiger partial charge in [-0.05, 0) is 17.1 Å². The Bertz CT molecular complexity index is 127. The molecular formula is C5H7ClN2O. The van der Waals surface area contributed by atoms with Crippen molar-refractivity contribution in [2.75, 3.05) is 0 Å². The van der Waals surface area contributed by atoms with Crippen molar-refractivity contribution in [3.63, 3.8) is 0 Å². The molecule has 0 spiro atoms. The molecule has 0 aliphatic carbocycles. The molecule has 0 amide bonds. The predicted octanol–water partition coefficient (Wildman–Crippen LogP) is 1.88. The van der Waals surface area contributed by atoms with Crippen LogP contribution in [0.1, 0.15) is 0 Å². The molecule has 1 aromatic heterocycles. The number of halogens is 1. The van der Waals surface area contributed by atoms with E-state index in [1.807, 2.05) is 24.5 Å². The van der Waals surface area contributed by atoms with Crippen LogP contribution in [0.4, 0.5) is 0 Å². The molecule has 0 radical (unpaired) electrons. The molecule has 0 unspecified atom stereocenters. The molecule has 1 aromatic rings. The van der Waals surface area contributed by atoms with Gasteiger partial charge in [0.15, 0.2) is 0 Å². The van der Waals surface area contributed by atoms with Gasteiger partial charge in [-0.3, -0.25) is 0 Å². The first kappa shape index (κ1) is 10.8. The van der Waals surface area contributed by atoms with Gasteiger partial charge in [-0.1, -0.05) is 0 Å². The van der Waals surface area contributed by atoms with E-state index in [1.165, 1.54) is 0 Å². The molecule has 0 aromatic carbocycles. The zero-order chi connectivity index (χ0) is 6.24. The number of nitrogens with zero attached hydrogens (tertiary/aromatic N) is 1. The van der Waals surface area contributed by atoms with Gasteiger partial charge in [-0.15, -0.1) is 12.4 Å². The Morgan fingerprint density at radius 2 is 1.67 bits per heavy atom. The number of rotatable bonds is 0. The van der Waals surface area contributed by atoms with Crippen molar-refractivity contribution in [2.45, 2.75) is 0 Å². The fourth-order valence-electron chi connectivity index (χ4n) is 0.278. The number of hydrogen-bond acceptors (Lipinski definition) is 1. The maximum Gasteiger partial charge on any atom is 0.283 e. The van der Waals surface area contributed by atoms with Crippen LogP contribution in [0.15, 0.2) is 24.5 Å². The lowest BCUT2D eigenvalue weighted by molar-refractivity contribution is 1.42. The average molecular weight is 147 g/mol.